The second-order valence-electron chi connectivity index (χ2n) is 3.83. The van der Waals surface area contributed by atoms with Crippen LogP contribution < -0.4 is 18.6 Å². The molecule has 0 aromatic carbocycles. The molecule has 0 unspecified atom stereocenters. The summed E-state index contributed by atoms with van der Waals surface area (Å²) >= 11 is 1.83. The summed E-state index contributed by atoms with van der Waals surface area (Å²) in [5, 5.41) is 0. The third-order valence-corrected chi connectivity index (χ3v) is 5.59. The minimum atomic E-state index is -4.94. The Morgan fingerprint density at radius 3 is 1.88 bits per heavy atom. The first-order valence-electron chi connectivity index (χ1n) is 4.13. The van der Waals surface area contributed by atoms with Gasteiger partial charge in [0.1, 0.15) is 0 Å². The Balaban J connectivity index is 0.000000385. The van der Waals surface area contributed by atoms with Crippen molar-refractivity contribution in [3.05, 3.63) is 10.9 Å². The van der Waals surface area contributed by atoms with Crippen molar-refractivity contribution in [2.24, 2.45) is 0 Å². The number of hydrogen-bond acceptors (Lipinski definition) is 6. The lowest BCUT2D eigenvalue weighted by molar-refractivity contribution is -2.00. The lowest BCUT2D eigenvalue weighted by Gasteiger charge is -2.17. The molecule has 0 aliphatic rings. The molecule has 0 saturated carbocycles. The van der Waals surface area contributed by atoms with Crippen LogP contribution in [0.5, 0.6) is 0 Å². The number of hydrogen-bond donors (Lipinski definition) is 0. The van der Waals surface area contributed by atoms with Gasteiger partial charge >= 0.3 is 10.3 Å². The first-order chi connectivity index (χ1) is 7.04. The lowest BCUT2D eigenvalue weighted by atomic mass is 9.95. The van der Waals surface area contributed by atoms with Crippen LogP contribution in [0.15, 0.2) is 10.3 Å². The molecule has 0 amide bonds. The molecule has 94 valence electrons. The van der Waals surface area contributed by atoms with Crippen molar-refractivity contribution >= 4 is 32.4 Å². The zero-order valence-electron chi connectivity index (χ0n) is 9.31. The molecular weight excluding hydrogens is 292 g/mol. The molecule has 0 aliphatic carbocycles. The van der Waals surface area contributed by atoms with E-state index in [9.17, 15) is 0 Å². The highest BCUT2D eigenvalue weighted by molar-refractivity contribution is 8.02. The van der Waals surface area contributed by atoms with Gasteiger partial charge in [0.15, 0.2) is 10.3 Å². The smallest absolute Gasteiger partial charge is 0.222 e. The van der Waals surface area contributed by atoms with Gasteiger partial charge in [0, 0.05) is 11.5 Å². The van der Waals surface area contributed by atoms with E-state index in [4.69, 9.17) is 18.6 Å². The summed E-state index contributed by atoms with van der Waals surface area (Å²) in [6.07, 6.45) is 2.13. The highest BCUT2D eigenvalue weighted by Crippen LogP contribution is 2.36. The van der Waals surface area contributed by atoms with E-state index in [1.54, 1.807) is 0 Å². The van der Waals surface area contributed by atoms with Gasteiger partial charge in [-0.05, 0) is 6.26 Å². The maximum Gasteiger partial charge on any atom is 0.307 e. The molecule has 0 bridgehead atoms. The summed E-state index contributed by atoms with van der Waals surface area (Å²) in [4.78, 5) is 1.49. The Morgan fingerprint density at radius 1 is 1.25 bits per heavy atom. The molecule has 0 radical (unpaired) electrons. The van der Waals surface area contributed by atoms with Gasteiger partial charge in [-0.1, -0.05) is 32.5 Å². The molecule has 0 spiro atoms. The van der Waals surface area contributed by atoms with Gasteiger partial charge in [-0.3, -0.25) is 0 Å². The van der Waals surface area contributed by atoms with Crippen LogP contribution in [-0.4, -0.2) is 6.26 Å². The summed E-state index contributed by atoms with van der Waals surface area (Å²) in [7, 11) is -1.16. The van der Waals surface area contributed by atoms with Gasteiger partial charge in [-0.2, -0.15) is 0 Å². The summed E-state index contributed by atoms with van der Waals surface area (Å²) in [5.74, 6) is 0. The topological polar surface area (TPSA) is 92.2 Å². The summed E-state index contributed by atoms with van der Waals surface area (Å²) in [6.45, 7) is 6.78. The van der Waals surface area contributed by atoms with E-state index in [-0.39, 0.29) is 0 Å². The van der Waals surface area contributed by atoms with Crippen LogP contribution in [0.25, 0.3) is 0 Å². The highest BCUT2D eigenvalue weighted by Gasteiger charge is 2.22. The molecule has 0 saturated heterocycles. The van der Waals surface area contributed by atoms with Crippen molar-refractivity contribution in [1.29, 1.82) is 0 Å². The molecule has 4 nitrogen and oxygen atoms in total. The zero-order valence-corrected chi connectivity index (χ0v) is 12.5. The van der Waals surface area contributed by atoms with E-state index >= 15 is 0 Å². The molecule has 0 atom stereocenters. The summed E-state index contributed by atoms with van der Waals surface area (Å²) in [5.41, 5.74) is 0.329. The first-order valence-corrected chi connectivity index (χ1v) is 8.74. The third kappa shape index (κ3) is 8.66. The Kier molecular flexibility index (Phi) is 6.67. The molecule has 16 heavy (non-hydrogen) atoms. The predicted octanol–water partition coefficient (Wildman–Crippen LogP) is -0.646. The Hall–Kier alpha value is 0.530. The van der Waals surface area contributed by atoms with E-state index in [0.29, 0.717) is 5.41 Å². The van der Waals surface area contributed by atoms with Crippen LogP contribution in [0.1, 0.15) is 25.6 Å². The fourth-order valence-electron chi connectivity index (χ4n) is 0.676. The second kappa shape index (κ2) is 6.46. The normalized spacial score (nSPS) is 12.0. The molecule has 8 heteroatoms. The summed E-state index contributed by atoms with van der Waals surface area (Å²) in [6, 6.07) is 2.31. The fraction of sp³-hybridized carbons (Fsp3) is 0.625. The molecule has 0 N–H and O–H groups in total. The number of rotatable bonds is 1. The fourth-order valence-corrected chi connectivity index (χ4v) is 4.56. The molecule has 0 fully saturated rings. The van der Waals surface area contributed by atoms with Gasteiger partial charge < -0.3 is 0 Å². The van der Waals surface area contributed by atoms with Crippen molar-refractivity contribution < 1.29 is 28.9 Å². The molecule has 1 aromatic rings. The predicted molar refractivity (Wildman–Crippen MR) is 57.1 cm³/mol. The minimum absolute atomic E-state index is 0.329. The number of halogens is 1. The van der Waals surface area contributed by atoms with Crippen LogP contribution >= 0.6 is 32.4 Å². The lowest BCUT2D eigenvalue weighted by Crippen LogP contribution is -2.68. The van der Waals surface area contributed by atoms with Crippen LogP contribution in [0, 0.1) is 10.2 Å². The molecule has 0 aliphatic heterocycles. The Labute approximate surface area is 109 Å². The monoisotopic (exact) mass is 304 g/mol. The van der Waals surface area contributed by atoms with E-state index in [1.165, 1.54) is 9.09 Å². The second-order valence-corrected chi connectivity index (χ2v) is 7.90. The van der Waals surface area contributed by atoms with Gasteiger partial charge in [0.05, 0.1) is 4.88 Å². The molecule has 1 aromatic heterocycles. The van der Waals surface area contributed by atoms with Crippen LogP contribution in [-0.2, 0) is 5.41 Å². The van der Waals surface area contributed by atoms with Gasteiger partial charge in [0.2, 0.25) is 0 Å². The highest BCUT2D eigenvalue weighted by atomic mass is 35.7. The molecule has 1 rings (SSSR count). The van der Waals surface area contributed by atoms with Crippen molar-refractivity contribution in [3.63, 3.8) is 0 Å². The maximum atomic E-state index is 8.49. The van der Waals surface area contributed by atoms with Gasteiger partial charge in [-0.15, -0.1) is 10.2 Å². The SMILES string of the molecule is CSc1cc(C(C)(C)C)s[s+]1.[O-][Cl+3]([O-])([O-])[O-]. The Morgan fingerprint density at radius 2 is 1.69 bits per heavy atom. The van der Waals surface area contributed by atoms with Gasteiger partial charge in [-0.25, -0.2) is 18.6 Å². The van der Waals surface area contributed by atoms with Crippen molar-refractivity contribution in [2.75, 3.05) is 6.26 Å². The number of thioether (sulfide) groups is 1. The summed E-state index contributed by atoms with van der Waals surface area (Å²) < 4.78 is 35.4. The average molecular weight is 305 g/mol. The Bertz CT molecular complexity index is 310. The van der Waals surface area contributed by atoms with Crippen LogP contribution in [0.3, 0.4) is 0 Å². The largest absolute Gasteiger partial charge is 0.307 e. The van der Waals surface area contributed by atoms with Crippen molar-refractivity contribution in [2.45, 2.75) is 30.4 Å². The molecular formula is C8H13ClO4S3. The third-order valence-electron chi connectivity index (χ3n) is 1.40. The molecule has 1 heterocycles. The van der Waals surface area contributed by atoms with Gasteiger partial charge in [0.25, 0.3) is 4.21 Å². The van der Waals surface area contributed by atoms with E-state index < -0.39 is 10.2 Å². The van der Waals surface area contributed by atoms with E-state index in [2.05, 4.69) is 33.1 Å². The van der Waals surface area contributed by atoms with Crippen molar-refractivity contribution in [1.82, 2.24) is 0 Å². The zero-order chi connectivity index (χ0) is 13.0. The van der Waals surface area contributed by atoms with Crippen LogP contribution in [0.2, 0.25) is 0 Å². The maximum absolute atomic E-state index is 8.49. The van der Waals surface area contributed by atoms with E-state index in [0.717, 1.165) is 0 Å². The minimum Gasteiger partial charge on any atom is -0.222 e. The van der Waals surface area contributed by atoms with Crippen LogP contribution in [0.4, 0.5) is 0 Å². The van der Waals surface area contributed by atoms with E-state index in [1.807, 2.05) is 32.4 Å². The standard InChI is InChI=1S/C8H13S3.ClHO4/c1-8(2,3)6-5-7(9-4)11-10-6;2-1(3,4)5/h5H,1-4H3;(H,2,3,4,5)/q+1;/p-1. The first kappa shape index (κ1) is 16.5. The quantitative estimate of drug-likeness (QED) is 0.391. The van der Waals surface area contributed by atoms with Crippen molar-refractivity contribution in [3.8, 4) is 0 Å². The average Bonchev–Trinajstić information content (AvgIpc) is 2.46.